The lowest BCUT2D eigenvalue weighted by Gasteiger charge is -2.39. The fourth-order valence-corrected chi connectivity index (χ4v) is 2.53. The third kappa shape index (κ3) is 2.74. The zero-order valence-electron chi connectivity index (χ0n) is 11.7. The van der Waals surface area contributed by atoms with Crippen LogP contribution < -0.4 is 4.74 Å². The lowest BCUT2D eigenvalue weighted by atomic mass is 9.98. The molecule has 21 heavy (non-hydrogen) atoms. The average molecular weight is 289 g/mol. The first-order chi connectivity index (χ1) is 10.2. The lowest BCUT2D eigenvalue weighted by Crippen LogP contribution is -2.51. The zero-order chi connectivity index (χ0) is 14.8. The number of hydrogen-bond acceptors (Lipinski definition) is 3. The standard InChI is InChI=1S/C15H16FN3O2/c1-21-14-3-2-12(6-13(14)16)15(20)19-8-11(9-19)7-18-5-4-17-10-18/h2-6,10-11H,7-9H2,1H3. The predicted molar refractivity (Wildman–Crippen MR) is 74.6 cm³/mol. The van der Waals surface area contributed by atoms with Crippen molar-refractivity contribution in [2.24, 2.45) is 5.92 Å². The van der Waals surface area contributed by atoms with E-state index in [1.807, 2.05) is 10.8 Å². The molecule has 0 saturated carbocycles. The van der Waals surface area contributed by atoms with E-state index in [1.165, 1.54) is 19.2 Å². The number of benzene rings is 1. The number of rotatable bonds is 4. The summed E-state index contributed by atoms with van der Waals surface area (Å²) in [6, 6.07) is 4.29. The van der Waals surface area contributed by atoms with Crippen molar-refractivity contribution in [2.45, 2.75) is 6.54 Å². The summed E-state index contributed by atoms with van der Waals surface area (Å²) in [6.07, 6.45) is 5.41. The minimum absolute atomic E-state index is 0.140. The van der Waals surface area contributed by atoms with Crippen LogP contribution >= 0.6 is 0 Å². The molecule has 1 aliphatic rings. The number of aromatic nitrogens is 2. The molecule has 1 amide bonds. The second kappa shape index (κ2) is 5.55. The number of ether oxygens (including phenoxy) is 1. The Morgan fingerprint density at radius 1 is 1.48 bits per heavy atom. The Morgan fingerprint density at radius 2 is 2.29 bits per heavy atom. The minimum Gasteiger partial charge on any atom is -0.494 e. The second-order valence-corrected chi connectivity index (χ2v) is 5.18. The van der Waals surface area contributed by atoms with Crippen molar-refractivity contribution >= 4 is 5.91 Å². The maximum absolute atomic E-state index is 13.6. The molecule has 5 nitrogen and oxygen atoms in total. The summed E-state index contributed by atoms with van der Waals surface area (Å²) in [7, 11) is 1.40. The van der Waals surface area contributed by atoms with Crippen LogP contribution in [0.5, 0.6) is 5.75 Å². The molecular formula is C15H16FN3O2. The average Bonchev–Trinajstić information content (AvgIpc) is 2.94. The summed E-state index contributed by atoms with van der Waals surface area (Å²) in [5, 5.41) is 0. The highest BCUT2D eigenvalue weighted by Crippen LogP contribution is 2.23. The van der Waals surface area contributed by atoms with Crippen LogP contribution in [-0.2, 0) is 6.54 Å². The van der Waals surface area contributed by atoms with Gasteiger partial charge in [-0.1, -0.05) is 0 Å². The summed E-state index contributed by atoms with van der Waals surface area (Å²) in [6.45, 7) is 2.22. The molecule has 0 atom stereocenters. The van der Waals surface area contributed by atoms with E-state index in [0.29, 0.717) is 24.6 Å². The molecular weight excluding hydrogens is 273 g/mol. The fraction of sp³-hybridized carbons (Fsp3) is 0.333. The Balaban J connectivity index is 1.59. The zero-order valence-corrected chi connectivity index (χ0v) is 11.7. The molecule has 110 valence electrons. The van der Waals surface area contributed by atoms with Crippen molar-refractivity contribution in [1.82, 2.24) is 14.5 Å². The van der Waals surface area contributed by atoms with E-state index < -0.39 is 5.82 Å². The summed E-state index contributed by atoms with van der Waals surface area (Å²) in [5.41, 5.74) is 0.356. The Morgan fingerprint density at radius 3 is 2.90 bits per heavy atom. The van der Waals surface area contributed by atoms with E-state index in [-0.39, 0.29) is 11.7 Å². The number of imidazole rings is 1. The van der Waals surface area contributed by atoms with Gasteiger partial charge in [0, 0.05) is 43.5 Å². The van der Waals surface area contributed by atoms with Crippen LogP contribution in [-0.4, -0.2) is 40.6 Å². The number of carbonyl (C=O) groups excluding carboxylic acids is 1. The van der Waals surface area contributed by atoms with Gasteiger partial charge < -0.3 is 14.2 Å². The van der Waals surface area contributed by atoms with Gasteiger partial charge in [-0.2, -0.15) is 0 Å². The van der Waals surface area contributed by atoms with E-state index >= 15 is 0 Å². The molecule has 0 spiro atoms. The molecule has 1 aliphatic heterocycles. The number of amides is 1. The minimum atomic E-state index is -0.515. The number of carbonyl (C=O) groups is 1. The Hall–Kier alpha value is -2.37. The molecule has 0 N–H and O–H groups in total. The molecule has 6 heteroatoms. The summed E-state index contributed by atoms with van der Waals surface area (Å²) in [4.78, 5) is 17.9. The van der Waals surface area contributed by atoms with Crippen LogP contribution in [0.4, 0.5) is 4.39 Å². The molecule has 0 bridgehead atoms. The van der Waals surface area contributed by atoms with E-state index in [9.17, 15) is 9.18 Å². The highest BCUT2D eigenvalue weighted by atomic mass is 19.1. The number of likely N-dealkylation sites (tertiary alicyclic amines) is 1. The van der Waals surface area contributed by atoms with Gasteiger partial charge in [0.15, 0.2) is 11.6 Å². The molecule has 2 heterocycles. The number of methoxy groups -OCH3 is 1. The first-order valence-corrected chi connectivity index (χ1v) is 6.76. The Kier molecular flexibility index (Phi) is 3.60. The molecule has 2 aromatic rings. The quantitative estimate of drug-likeness (QED) is 0.862. The maximum Gasteiger partial charge on any atom is 0.253 e. The van der Waals surface area contributed by atoms with Crippen molar-refractivity contribution in [3.8, 4) is 5.75 Å². The van der Waals surface area contributed by atoms with Crippen LogP contribution in [0.3, 0.4) is 0 Å². The smallest absolute Gasteiger partial charge is 0.253 e. The SMILES string of the molecule is COc1ccc(C(=O)N2CC(Cn3ccnc3)C2)cc1F. The van der Waals surface area contributed by atoms with E-state index in [2.05, 4.69) is 4.98 Å². The third-order valence-corrected chi connectivity index (χ3v) is 3.67. The van der Waals surface area contributed by atoms with Gasteiger partial charge in [0.25, 0.3) is 5.91 Å². The van der Waals surface area contributed by atoms with Gasteiger partial charge in [-0.25, -0.2) is 9.37 Å². The van der Waals surface area contributed by atoms with Crippen LogP contribution in [0.15, 0.2) is 36.9 Å². The van der Waals surface area contributed by atoms with E-state index in [1.54, 1.807) is 23.5 Å². The van der Waals surface area contributed by atoms with Gasteiger partial charge in [0.05, 0.1) is 13.4 Å². The largest absolute Gasteiger partial charge is 0.494 e. The lowest BCUT2D eigenvalue weighted by molar-refractivity contribution is 0.0468. The first-order valence-electron chi connectivity index (χ1n) is 6.76. The number of nitrogens with zero attached hydrogens (tertiary/aromatic N) is 3. The highest BCUT2D eigenvalue weighted by Gasteiger charge is 2.31. The molecule has 3 rings (SSSR count). The normalized spacial score (nSPS) is 14.9. The molecule has 1 saturated heterocycles. The Labute approximate surface area is 122 Å². The van der Waals surface area contributed by atoms with Crippen LogP contribution in [0.25, 0.3) is 0 Å². The van der Waals surface area contributed by atoms with Gasteiger partial charge in [0.1, 0.15) is 0 Å². The van der Waals surface area contributed by atoms with Crippen molar-refractivity contribution in [3.05, 3.63) is 48.3 Å². The van der Waals surface area contributed by atoms with Crippen molar-refractivity contribution in [1.29, 1.82) is 0 Å². The molecule has 1 aromatic heterocycles. The van der Waals surface area contributed by atoms with Gasteiger partial charge in [0.2, 0.25) is 0 Å². The molecule has 0 radical (unpaired) electrons. The topological polar surface area (TPSA) is 47.4 Å². The molecule has 0 aliphatic carbocycles. The Bertz CT molecular complexity index is 636. The predicted octanol–water partition coefficient (Wildman–Crippen LogP) is 1.80. The molecule has 0 unspecified atom stereocenters. The van der Waals surface area contributed by atoms with Crippen LogP contribution in [0, 0.1) is 11.7 Å². The summed E-state index contributed by atoms with van der Waals surface area (Å²) < 4.78 is 20.5. The molecule has 1 fully saturated rings. The monoisotopic (exact) mass is 289 g/mol. The van der Waals surface area contributed by atoms with Gasteiger partial charge >= 0.3 is 0 Å². The summed E-state index contributed by atoms with van der Waals surface area (Å²) >= 11 is 0. The van der Waals surface area contributed by atoms with Gasteiger partial charge in [-0.3, -0.25) is 4.79 Å². The highest BCUT2D eigenvalue weighted by molar-refractivity contribution is 5.94. The van der Waals surface area contributed by atoms with Crippen molar-refractivity contribution in [3.63, 3.8) is 0 Å². The van der Waals surface area contributed by atoms with E-state index in [0.717, 1.165) is 6.54 Å². The van der Waals surface area contributed by atoms with Gasteiger partial charge in [-0.15, -0.1) is 0 Å². The fourth-order valence-electron chi connectivity index (χ4n) is 2.53. The summed E-state index contributed by atoms with van der Waals surface area (Å²) in [5.74, 6) is -0.0864. The van der Waals surface area contributed by atoms with Crippen LogP contribution in [0.1, 0.15) is 10.4 Å². The number of hydrogen-bond donors (Lipinski definition) is 0. The third-order valence-electron chi connectivity index (χ3n) is 3.67. The second-order valence-electron chi connectivity index (χ2n) is 5.18. The van der Waals surface area contributed by atoms with Gasteiger partial charge in [-0.05, 0) is 18.2 Å². The molecule has 1 aromatic carbocycles. The van der Waals surface area contributed by atoms with Crippen LogP contribution in [0.2, 0.25) is 0 Å². The first kappa shape index (κ1) is 13.6. The van der Waals surface area contributed by atoms with Crippen molar-refractivity contribution in [2.75, 3.05) is 20.2 Å². The van der Waals surface area contributed by atoms with E-state index in [4.69, 9.17) is 4.74 Å². The maximum atomic E-state index is 13.6. The number of halogens is 1. The van der Waals surface area contributed by atoms with Crippen molar-refractivity contribution < 1.29 is 13.9 Å².